The van der Waals surface area contributed by atoms with Crippen molar-refractivity contribution in [3.05, 3.63) is 77.4 Å². The van der Waals surface area contributed by atoms with Gasteiger partial charge in [-0.2, -0.15) is 0 Å². The first kappa shape index (κ1) is 20.7. The van der Waals surface area contributed by atoms with Gasteiger partial charge in [0.05, 0.1) is 5.52 Å². The minimum absolute atomic E-state index is 0.0891. The van der Waals surface area contributed by atoms with Crippen LogP contribution in [0.5, 0.6) is 0 Å². The van der Waals surface area contributed by atoms with Gasteiger partial charge >= 0.3 is 0 Å². The summed E-state index contributed by atoms with van der Waals surface area (Å²) in [7, 11) is 0. The van der Waals surface area contributed by atoms with Crippen molar-refractivity contribution in [1.29, 1.82) is 0 Å². The molecule has 5 nitrogen and oxygen atoms in total. The summed E-state index contributed by atoms with van der Waals surface area (Å²) in [6.45, 7) is 4.34. The molecule has 0 bridgehead atoms. The normalized spacial score (nSPS) is 11.2. The lowest BCUT2D eigenvalue weighted by molar-refractivity contribution is -0.114. The molecule has 0 saturated carbocycles. The van der Waals surface area contributed by atoms with Crippen molar-refractivity contribution in [1.82, 2.24) is 4.57 Å². The van der Waals surface area contributed by atoms with Crippen molar-refractivity contribution in [3.8, 4) is 0 Å². The van der Waals surface area contributed by atoms with Gasteiger partial charge in [-0.3, -0.25) is 9.59 Å². The van der Waals surface area contributed by atoms with Crippen molar-refractivity contribution < 1.29 is 9.59 Å². The fourth-order valence-corrected chi connectivity index (χ4v) is 4.18. The maximum absolute atomic E-state index is 12.1. The third kappa shape index (κ3) is 4.17. The molecule has 158 valence electrons. The molecule has 0 aliphatic heterocycles. The average Bonchev–Trinajstić information content (AvgIpc) is 3.06. The predicted molar refractivity (Wildman–Crippen MR) is 126 cm³/mol. The van der Waals surface area contributed by atoms with E-state index in [1.807, 2.05) is 36.4 Å². The number of anilines is 1. The Kier molecular flexibility index (Phi) is 5.76. The molecule has 0 saturated heterocycles. The van der Waals surface area contributed by atoms with E-state index >= 15 is 0 Å². The van der Waals surface area contributed by atoms with Crippen molar-refractivity contribution in [2.45, 2.75) is 39.7 Å². The molecule has 3 N–H and O–H groups in total. The minimum Gasteiger partial charge on any atom is -0.366 e. The second-order valence-corrected chi connectivity index (χ2v) is 7.98. The number of primary amides is 1. The van der Waals surface area contributed by atoms with Crippen molar-refractivity contribution >= 4 is 39.3 Å². The van der Waals surface area contributed by atoms with E-state index in [-0.39, 0.29) is 5.91 Å². The van der Waals surface area contributed by atoms with E-state index < -0.39 is 5.91 Å². The molecule has 31 heavy (non-hydrogen) atoms. The van der Waals surface area contributed by atoms with Crippen LogP contribution in [0, 0.1) is 0 Å². The first-order valence-electron chi connectivity index (χ1n) is 10.7. The van der Waals surface area contributed by atoms with Crippen LogP contribution in [-0.2, 0) is 17.8 Å². The van der Waals surface area contributed by atoms with E-state index in [9.17, 15) is 9.59 Å². The Labute approximate surface area is 181 Å². The molecular weight excluding hydrogens is 386 g/mol. The van der Waals surface area contributed by atoms with E-state index in [1.54, 1.807) is 6.07 Å². The van der Waals surface area contributed by atoms with Gasteiger partial charge in [0.1, 0.15) is 0 Å². The zero-order valence-electron chi connectivity index (χ0n) is 17.9. The highest BCUT2D eigenvalue weighted by atomic mass is 16.1. The monoisotopic (exact) mass is 413 g/mol. The van der Waals surface area contributed by atoms with Crippen LogP contribution in [0.4, 0.5) is 5.69 Å². The van der Waals surface area contributed by atoms with E-state index in [1.165, 1.54) is 12.5 Å². The summed E-state index contributed by atoms with van der Waals surface area (Å²) >= 11 is 0. The summed E-state index contributed by atoms with van der Waals surface area (Å²) in [6.07, 6.45) is 3.32. The van der Waals surface area contributed by atoms with Gasteiger partial charge in [0, 0.05) is 41.0 Å². The van der Waals surface area contributed by atoms with Crippen LogP contribution < -0.4 is 11.1 Å². The number of nitrogens with two attached hydrogens (primary N) is 1. The summed E-state index contributed by atoms with van der Waals surface area (Å²) in [4.78, 5) is 23.4. The number of benzene rings is 3. The van der Waals surface area contributed by atoms with Crippen molar-refractivity contribution in [2.24, 2.45) is 5.73 Å². The highest BCUT2D eigenvalue weighted by molar-refractivity contribution is 6.18. The number of hydrogen-bond donors (Lipinski definition) is 2. The summed E-state index contributed by atoms with van der Waals surface area (Å²) < 4.78 is 2.25. The summed E-state index contributed by atoms with van der Waals surface area (Å²) in [5, 5.41) is 4.75. The van der Waals surface area contributed by atoms with Gasteiger partial charge in [-0.15, -0.1) is 0 Å². The van der Waals surface area contributed by atoms with Gasteiger partial charge in [0.2, 0.25) is 11.8 Å². The van der Waals surface area contributed by atoms with Crippen LogP contribution in [-0.4, -0.2) is 16.4 Å². The lowest BCUT2D eigenvalue weighted by Crippen LogP contribution is -2.11. The molecular formula is C26H27N3O2. The number of aromatic nitrogens is 1. The molecule has 1 aromatic heterocycles. The molecule has 0 aliphatic carbocycles. The third-order valence-electron chi connectivity index (χ3n) is 5.65. The minimum atomic E-state index is -0.417. The predicted octanol–water partition coefficient (Wildman–Crippen LogP) is 5.24. The lowest BCUT2D eigenvalue weighted by atomic mass is 10.0. The second kappa shape index (κ2) is 8.64. The Bertz CT molecular complexity index is 1270. The largest absolute Gasteiger partial charge is 0.366 e. The van der Waals surface area contributed by atoms with Crippen LogP contribution in [0.25, 0.3) is 21.8 Å². The maximum atomic E-state index is 12.1. The Morgan fingerprint density at radius 3 is 2.39 bits per heavy atom. The topological polar surface area (TPSA) is 77.1 Å². The highest BCUT2D eigenvalue weighted by Gasteiger charge is 2.17. The number of amides is 2. The van der Waals surface area contributed by atoms with E-state index in [4.69, 9.17) is 5.73 Å². The zero-order chi connectivity index (χ0) is 22.0. The number of carbonyl (C=O) groups excluding carboxylic acids is 2. The molecule has 4 rings (SSSR count). The van der Waals surface area contributed by atoms with E-state index in [2.05, 4.69) is 35.0 Å². The smallest absolute Gasteiger partial charge is 0.249 e. The molecule has 3 aromatic carbocycles. The molecule has 1 heterocycles. The highest BCUT2D eigenvalue weighted by Crippen LogP contribution is 2.33. The number of carbonyl (C=O) groups is 2. The number of aryl methyl sites for hydroxylation is 1. The van der Waals surface area contributed by atoms with Crippen LogP contribution in [0.3, 0.4) is 0 Å². The third-order valence-corrected chi connectivity index (χ3v) is 5.65. The molecule has 2 amide bonds. The molecule has 0 radical (unpaired) electrons. The Morgan fingerprint density at radius 2 is 1.71 bits per heavy atom. The fraction of sp³-hybridized carbons (Fsp3) is 0.231. The van der Waals surface area contributed by atoms with Crippen LogP contribution in [0.1, 0.15) is 48.2 Å². The quantitative estimate of drug-likeness (QED) is 0.434. The number of unbranched alkanes of at least 4 members (excludes halogenated alkanes) is 1. The first-order valence-corrected chi connectivity index (χ1v) is 10.7. The van der Waals surface area contributed by atoms with Crippen molar-refractivity contribution in [3.63, 3.8) is 0 Å². The molecule has 0 fully saturated rings. The summed E-state index contributed by atoms with van der Waals surface area (Å²) in [5.74, 6) is -0.506. The molecule has 5 heteroatoms. The fourth-order valence-electron chi connectivity index (χ4n) is 4.18. The van der Waals surface area contributed by atoms with Gasteiger partial charge in [-0.25, -0.2) is 0 Å². The zero-order valence-corrected chi connectivity index (χ0v) is 17.9. The first-order chi connectivity index (χ1) is 15.0. The Balaban J connectivity index is 1.85. The summed E-state index contributed by atoms with van der Waals surface area (Å²) in [6, 6.07) is 20.1. The molecule has 0 spiro atoms. The van der Waals surface area contributed by atoms with Crippen LogP contribution in [0.2, 0.25) is 0 Å². The van der Waals surface area contributed by atoms with E-state index in [0.29, 0.717) is 12.1 Å². The maximum Gasteiger partial charge on any atom is 0.249 e. The van der Waals surface area contributed by atoms with Gasteiger partial charge < -0.3 is 15.6 Å². The van der Waals surface area contributed by atoms with Gasteiger partial charge in [0.15, 0.2) is 0 Å². The SMILES string of the molecule is CCCCc1ccc2c3c(C(N)=O)cccc3n(Cc3ccc(NC(C)=O)cc3)c2c1. The number of fused-ring (bicyclic) bond motifs is 3. The molecule has 4 aromatic rings. The Morgan fingerprint density at radius 1 is 0.968 bits per heavy atom. The molecule has 0 unspecified atom stereocenters. The lowest BCUT2D eigenvalue weighted by Gasteiger charge is -2.10. The number of rotatable bonds is 7. The average molecular weight is 414 g/mol. The van der Waals surface area contributed by atoms with Gasteiger partial charge in [-0.1, -0.05) is 43.7 Å². The number of nitrogens with zero attached hydrogens (tertiary/aromatic N) is 1. The molecule has 0 aliphatic rings. The van der Waals surface area contributed by atoms with Gasteiger partial charge in [-0.05, 0) is 54.3 Å². The molecule has 0 atom stereocenters. The van der Waals surface area contributed by atoms with Gasteiger partial charge in [0.25, 0.3) is 0 Å². The van der Waals surface area contributed by atoms with E-state index in [0.717, 1.165) is 52.3 Å². The standard InChI is InChI=1S/C26H27N3O2/c1-3-4-6-18-11-14-21-24(15-18)29(23-8-5-7-22(25(21)23)26(27)31)16-19-9-12-20(13-10-19)28-17(2)30/h5,7-15H,3-4,6,16H2,1-2H3,(H2,27,31)(H,28,30). The number of nitrogens with one attached hydrogen (secondary N) is 1. The van der Waals surface area contributed by atoms with Crippen LogP contribution in [0.15, 0.2) is 60.7 Å². The summed E-state index contributed by atoms with van der Waals surface area (Å²) in [5.41, 5.74) is 11.5. The van der Waals surface area contributed by atoms with Crippen molar-refractivity contribution in [2.75, 3.05) is 5.32 Å². The number of hydrogen-bond acceptors (Lipinski definition) is 2. The Hall–Kier alpha value is -3.60. The van der Waals surface area contributed by atoms with Crippen LogP contribution >= 0.6 is 0 Å². The second-order valence-electron chi connectivity index (χ2n) is 7.98.